The van der Waals surface area contributed by atoms with Gasteiger partial charge in [-0.3, -0.25) is 4.79 Å². The van der Waals surface area contributed by atoms with Gasteiger partial charge in [0.05, 0.1) is 17.6 Å². The predicted octanol–water partition coefficient (Wildman–Crippen LogP) is -0.0986. The molecule has 1 aliphatic rings. The van der Waals surface area contributed by atoms with Crippen molar-refractivity contribution in [3.05, 3.63) is 16.6 Å². The second kappa shape index (κ2) is 3.43. The van der Waals surface area contributed by atoms with E-state index in [0.29, 0.717) is 6.42 Å². The lowest BCUT2D eigenvalue weighted by atomic mass is 10.3. The fourth-order valence-electron chi connectivity index (χ4n) is 1.13. The number of nitrogens with two attached hydrogens (primary N) is 1. The fraction of sp³-hybridized carbons (Fsp3) is 0.500. The van der Waals surface area contributed by atoms with Gasteiger partial charge in [0.15, 0.2) is 0 Å². The average molecular weight is 197 g/mol. The summed E-state index contributed by atoms with van der Waals surface area (Å²) in [6.07, 6.45) is 1.27. The summed E-state index contributed by atoms with van der Waals surface area (Å²) in [5.41, 5.74) is 8.12. The minimum Gasteiger partial charge on any atom is -0.351 e. The number of nitrogens with one attached hydrogen (secondary N) is 1. The molecular weight excluding hydrogens is 186 g/mol. The van der Waals surface area contributed by atoms with Gasteiger partial charge in [-0.2, -0.15) is 0 Å². The molecular formula is C8H11N3OS. The van der Waals surface area contributed by atoms with Crippen LogP contribution in [-0.2, 0) is 11.2 Å². The van der Waals surface area contributed by atoms with Gasteiger partial charge in [-0.05, 0) is 6.42 Å². The van der Waals surface area contributed by atoms with Crippen LogP contribution in [0.3, 0.4) is 0 Å². The van der Waals surface area contributed by atoms with Gasteiger partial charge in [-0.25, -0.2) is 4.98 Å². The van der Waals surface area contributed by atoms with Crippen molar-refractivity contribution < 1.29 is 4.79 Å². The summed E-state index contributed by atoms with van der Waals surface area (Å²) in [5.74, 6) is 0.0175. The molecule has 1 aromatic heterocycles. The summed E-state index contributed by atoms with van der Waals surface area (Å²) in [6, 6.07) is 0.366. The maximum absolute atomic E-state index is 11.3. The predicted molar refractivity (Wildman–Crippen MR) is 50.3 cm³/mol. The highest BCUT2D eigenvalue weighted by atomic mass is 32.1. The highest BCUT2D eigenvalue weighted by molar-refractivity contribution is 7.07. The molecule has 0 spiro atoms. The molecule has 2 rings (SSSR count). The number of nitrogens with zero attached hydrogens (tertiary/aromatic N) is 1. The number of carbonyl (C=O) groups excluding carboxylic acids is 1. The number of hydrogen-bond donors (Lipinski definition) is 2. The Morgan fingerprint density at radius 1 is 1.85 bits per heavy atom. The van der Waals surface area contributed by atoms with Crippen molar-refractivity contribution in [3.8, 4) is 0 Å². The fourth-order valence-corrected chi connectivity index (χ4v) is 1.69. The molecule has 1 aromatic rings. The van der Waals surface area contributed by atoms with E-state index in [0.717, 1.165) is 12.1 Å². The first-order chi connectivity index (χ1) is 6.25. The number of hydrogen-bond acceptors (Lipinski definition) is 4. The zero-order valence-electron chi connectivity index (χ0n) is 7.06. The van der Waals surface area contributed by atoms with E-state index < -0.39 is 0 Å². The van der Waals surface area contributed by atoms with E-state index in [-0.39, 0.29) is 18.0 Å². The van der Waals surface area contributed by atoms with Crippen LogP contribution in [-0.4, -0.2) is 23.0 Å². The number of aromatic nitrogens is 1. The molecule has 1 heterocycles. The molecule has 1 saturated carbocycles. The Labute approximate surface area is 80.2 Å². The highest BCUT2D eigenvalue weighted by Crippen LogP contribution is 2.17. The maximum atomic E-state index is 11.3. The van der Waals surface area contributed by atoms with Gasteiger partial charge >= 0.3 is 0 Å². The monoisotopic (exact) mass is 197 g/mol. The molecule has 2 atom stereocenters. The van der Waals surface area contributed by atoms with Gasteiger partial charge < -0.3 is 11.1 Å². The van der Waals surface area contributed by atoms with Crippen LogP contribution in [0.25, 0.3) is 0 Å². The van der Waals surface area contributed by atoms with Crippen molar-refractivity contribution in [2.45, 2.75) is 24.9 Å². The molecule has 0 bridgehead atoms. The van der Waals surface area contributed by atoms with Crippen molar-refractivity contribution in [3.63, 3.8) is 0 Å². The minimum atomic E-state index is 0.0175. The van der Waals surface area contributed by atoms with Crippen molar-refractivity contribution in [1.29, 1.82) is 0 Å². The molecule has 5 heteroatoms. The van der Waals surface area contributed by atoms with Gasteiger partial charge in [0.25, 0.3) is 0 Å². The molecule has 0 aromatic carbocycles. The number of rotatable bonds is 3. The zero-order chi connectivity index (χ0) is 9.26. The molecule has 13 heavy (non-hydrogen) atoms. The van der Waals surface area contributed by atoms with Crippen LogP contribution in [0.5, 0.6) is 0 Å². The van der Waals surface area contributed by atoms with E-state index in [2.05, 4.69) is 10.3 Å². The van der Waals surface area contributed by atoms with E-state index in [4.69, 9.17) is 5.73 Å². The molecule has 4 nitrogen and oxygen atoms in total. The molecule has 2 unspecified atom stereocenters. The van der Waals surface area contributed by atoms with Crippen LogP contribution in [0.1, 0.15) is 12.1 Å². The smallest absolute Gasteiger partial charge is 0.226 e. The Kier molecular flexibility index (Phi) is 2.28. The lowest BCUT2D eigenvalue weighted by Crippen LogP contribution is -2.30. The standard InChI is InChI=1S/C8H11N3OS/c9-6-2-7(6)11-8(12)1-5-3-13-4-10-5/h3-4,6-7H,1-2,9H2,(H,11,12). The second-order valence-corrected chi connectivity index (χ2v) is 3.95. The van der Waals surface area contributed by atoms with Crippen molar-refractivity contribution in [2.75, 3.05) is 0 Å². The first kappa shape index (κ1) is 8.65. The van der Waals surface area contributed by atoms with Crippen LogP contribution in [0.4, 0.5) is 0 Å². The highest BCUT2D eigenvalue weighted by Gasteiger charge is 2.34. The second-order valence-electron chi connectivity index (χ2n) is 3.23. The van der Waals surface area contributed by atoms with Crippen molar-refractivity contribution in [1.82, 2.24) is 10.3 Å². The summed E-state index contributed by atoms with van der Waals surface area (Å²) in [6.45, 7) is 0. The van der Waals surface area contributed by atoms with Crippen molar-refractivity contribution in [2.24, 2.45) is 5.73 Å². The SMILES string of the molecule is NC1CC1NC(=O)Cc1cscn1. The third-order valence-electron chi connectivity index (χ3n) is 2.01. The first-order valence-electron chi connectivity index (χ1n) is 4.17. The maximum Gasteiger partial charge on any atom is 0.226 e. The topological polar surface area (TPSA) is 68.0 Å². The molecule has 1 amide bonds. The van der Waals surface area contributed by atoms with Crippen LogP contribution < -0.4 is 11.1 Å². The van der Waals surface area contributed by atoms with Crippen LogP contribution in [0, 0.1) is 0 Å². The summed E-state index contributed by atoms with van der Waals surface area (Å²) >= 11 is 1.50. The minimum absolute atomic E-state index is 0.0175. The normalized spacial score (nSPS) is 25.6. The van der Waals surface area contributed by atoms with Gasteiger partial charge in [-0.1, -0.05) is 0 Å². The summed E-state index contributed by atoms with van der Waals surface area (Å²) in [4.78, 5) is 15.3. The van der Waals surface area contributed by atoms with E-state index in [1.165, 1.54) is 11.3 Å². The summed E-state index contributed by atoms with van der Waals surface area (Å²) < 4.78 is 0. The van der Waals surface area contributed by atoms with Gasteiger partial charge in [0.1, 0.15) is 0 Å². The number of amides is 1. The molecule has 1 aliphatic carbocycles. The molecule has 70 valence electrons. The number of carbonyl (C=O) groups is 1. The quantitative estimate of drug-likeness (QED) is 0.711. The lowest BCUT2D eigenvalue weighted by molar-refractivity contribution is -0.120. The third-order valence-corrected chi connectivity index (χ3v) is 2.65. The Balaban J connectivity index is 1.79. The molecule has 3 N–H and O–H groups in total. The van der Waals surface area contributed by atoms with Crippen LogP contribution >= 0.6 is 11.3 Å². The summed E-state index contributed by atoms with van der Waals surface area (Å²) in [7, 11) is 0. The molecule has 0 saturated heterocycles. The summed E-state index contributed by atoms with van der Waals surface area (Å²) in [5, 5.41) is 4.72. The Hall–Kier alpha value is -0.940. The Bertz CT molecular complexity index is 298. The average Bonchev–Trinajstić information content (AvgIpc) is 2.61. The zero-order valence-corrected chi connectivity index (χ0v) is 7.88. The first-order valence-corrected chi connectivity index (χ1v) is 5.12. The van der Waals surface area contributed by atoms with Crippen LogP contribution in [0.15, 0.2) is 10.9 Å². The van der Waals surface area contributed by atoms with Gasteiger partial charge in [0, 0.05) is 17.5 Å². The van der Waals surface area contributed by atoms with Gasteiger partial charge in [-0.15, -0.1) is 11.3 Å². The molecule has 0 aliphatic heterocycles. The third kappa shape index (κ3) is 2.26. The largest absolute Gasteiger partial charge is 0.351 e. The van der Waals surface area contributed by atoms with Crippen LogP contribution in [0.2, 0.25) is 0 Å². The number of thiazole rings is 1. The molecule has 0 radical (unpaired) electrons. The van der Waals surface area contributed by atoms with E-state index >= 15 is 0 Å². The Morgan fingerprint density at radius 3 is 3.15 bits per heavy atom. The van der Waals surface area contributed by atoms with Crippen molar-refractivity contribution >= 4 is 17.2 Å². The van der Waals surface area contributed by atoms with E-state index in [9.17, 15) is 4.79 Å². The van der Waals surface area contributed by atoms with E-state index in [1.807, 2.05) is 5.38 Å². The lowest BCUT2D eigenvalue weighted by Gasteiger charge is -2.00. The Morgan fingerprint density at radius 2 is 2.62 bits per heavy atom. The van der Waals surface area contributed by atoms with E-state index in [1.54, 1.807) is 5.51 Å². The molecule has 1 fully saturated rings. The van der Waals surface area contributed by atoms with Gasteiger partial charge in [0.2, 0.25) is 5.91 Å².